The van der Waals surface area contributed by atoms with Crippen LogP contribution in [0.15, 0.2) is 11.1 Å². The minimum atomic E-state index is 0.672. The molecule has 2 rings (SSSR count). The Hall–Kier alpha value is -0.450. The lowest BCUT2D eigenvalue weighted by molar-refractivity contribution is 0.534. The molecule has 82 valence electrons. The van der Waals surface area contributed by atoms with Gasteiger partial charge in [0.2, 0.25) is 0 Å². The standard InChI is InChI=1S/C9H11Cl2N3S/c1-14-3-2-12-9(14)13-5-6-4-7(10)15-8(6)11/h4H,2-3,5H2,1H3,(H,12,13). The fourth-order valence-electron chi connectivity index (χ4n) is 1.39. The molecule has 15 heavy (non-hydrogen) atoms. The number of hydrogen-bond donors (Lipinski definition) is 1. The molecule has 0 aliphatic carbocycles. The fraction of sp³-hybridized carbons (Fsp3) is 0.444. The molecule has 1 N–H and O–H groups in total. The Balaban J connectivity index is 1.96. The number of likely N-dealkylation sites (N-methyl/N-ethyl adjacent to an activating group) is 1. The molecule has 3 nitrogen and oxygen atoms in total. The van der Waals surface area contributed by atoms with Crippen LogP contribution >= 0.6 is 34.5 Å². The normalized spacial score (nSPS) is 15.7. The molecule has 0 radical (unpaired) electrons. The number of rotatable bonds is 2. The minimum Gasteiger partial charge on any atom is -0.352 e. The summed E-state index contributed by atoms with van der Waals surface area (Å²) < 4.78 is 1.47. The lowest BCUT2D eigenvalue weighted by Gasteiger charge is -2.14. The summed E-state index contributed by atoms with van der Waals surface area (Å²) in [5.41, 5.74) is 1.02. The quantitative estimate of drug-likeness (QED) is 0.888. The van der Waals surface area contributed by atoms with E-state index in [0.717, 1.165) is 33.3 Å². The van der Waals surface area contributed by atoms with Gasteiger partial charge in [0.15, 0.2) is 5.96 Å². The predicted octanol–water partition coefficient (Wildman–Crippen LogP) is 2.45. The van der Waals surface area contributed by atoms with E-state index in [9.17, 15) is 0 Å². The summed E-state index contributed by atoms with van der Waals surface area (Å²) in [6.45, 7) is 2.50. The number of nitrogens with one attached hydrogen (secondary N) is 1. The molecule has 1 aliphatic heterocycles. The van der Waals surface area contributed by atoms with Crippen LogP contribution in [0.1, 0.15) is 5.56 Å². The van der Waals surface area contributed by atoms with Gasteiger partial charge in [-0.05, 0) is 6.07 Å². The second-order valence-corrected chi connectivity index (χ2v) is 5.62. The van der Waals surface area contributed by atoms with E-state index in [-0.39, 0.29) is 0 Å². The third-order valence-electron chi connectivity index (χ3n) is 2.22. The zero-order chi connectivity index (χ0) is 10.8. The highest BCUT2D eigenvalue weighted by atomic mass is 35.5. The molecule has 0 saturated carbocycles. The van der Waals surface area contributed by atoms with Crippen LogP contribution in [-0.4, -0.2) is 31.0 Å². The third-order valence-corrected chi connectivity index (χ3v) is 3.79. The summed E-state index contributed by atoms with van der Waals surface area (Å²) >= 11 is 13.3. The van der Waals surface area contributed by atoms with Gasteiger partial charge in [-0.15, -0.1) is 11.3 Å². The first-order chi connectivity index (χ1) is 7.16. The fourth-order valence-corrected chi connectivity index (χ4v) is 2.88. The van der Waals surface area contributed by atoms with Crippen LogP contribution in [0.5, 0.6) is 0 Å². The van der Waals surface area contributed by atoms with Gasteiger partial charge in [0.05, 0.1) is 15.2 Å². The maximum Gasteiger partial charge on any atom is 0.194 e. The Morgan fingerprint density at radius 2 is 2.40 bits per heavy atom. The van der Waals surface area contributed by atoms with E-state index < -0.39 is 0 Å². The van der Waals surface area contributed by atoms with Crippen molar-refractivity contribution in [1.82, 2.24) is 10.2 Å². The number of nitrogens with zero attached hydrogens (tertiary/aromatic N) is 2. The van der Waals surface area contributed by atoms with Crippen LogP contribution in [0.2, 0.25) is 8.67 Å². The third kappa shape index (κ3) is 2.56. The summed E-state index contributed by atoms with van der Waals surface area (Å²) in [6.07, 6.45) is 0. The number of guanidine groups is 1. The van der Waals surface area contributed by atoms with Gasteiger partial charge in [-0.1, -0.05) is 23.2 Å². The Morgan fingerprint density at radius 3 is 2.93 bits per heavy atom. The molecule has 2 heterocycles. The first kappa shape index (κ1) is 11.0. The van der Waals surface area contributed by atoms with Crippen molar-refractivity contribution in [2.24, 2.45) is 4.99 Å². The van der Waals surface area contributed by atoms with Crippen molar-refractivity contribution in [2.75, 3.05) is 20.1 Å². The maximum absolute atomic E-state index is 6.01. The van der Waals surface area contributed by atoms with Crippen LogP contribution in [0.3, 0.4) is 0 Å². The molecule has 0 atom stereocenters. The zero-order valence-electron chi connectivity index (χ0n) is 8.26. The molecule has 6 heteroatoms. The van der Waals surface area contributed by atoms with Crippen LogP contribution in [0, 0.1) is 0 Å². The van der Waals surface area contributed by atoms with Crippen molar-refractivity contribution >= 4 is 40.5 Å². The van der Waals surface area contributed by atoms with Gasteiger partial charge in [-0.2, -0.15) is 0 Å². The summed E-state index contributed by atoms with van der Waals surface area (Å²) in [6, 6.07) is 1.89. The number of hydrogen-bond acceptors (Lipinski definition) is 4. The van der Waals surface area contributed by atoms with Crippen LogP contribution in [-0.2, 0) is 6.54 Å². The highest BCUT2D eigenvalue weighted by Gasteiger charge is 2.12. The van der Waals surface area contributed by atoms with E-state index in [4.69, 9.17) is 23.2 Å². The summed E-state index contributed by atoms with van der Waals surface area (Å²) in [5.74, 6) is 0.924. The van der Waals surface area contributed by atoms with Gasteiger partial charge in [0.1, 0.15) is 0 Å². The molecule has 1 aromatic heterocycles. The van der Waals surface area contributed by atoms with Crippen molar-refractivity contribution in [2.45, 2.75) is 6.54 Å². The summed E-state index contributed by atoms with van der Waals surface area (Å²) in [7, 11) is 2.01. The van der Waals surface area contributed by atoms with Crippen LogP contribution in [0.25, 0.3) is 0 Å². The lowest BCUT2D eigenvalue weighted by Crippen LogP contribution is -2.35. The molecular formula is C9H11Cl2N3S. The molecule has 0 aromatic carbocycles. The molecule has 0 fully saturated rings. The van der Waals surface area contributed by atoms with Crippen molar-refractivity contribution < 1.29 is 0 Å². The highest BCUT2D eigenvalue weighted by Crippen LogP contribution is 2.30. The molecule has 0 spiro atoms. The summed E-state index contributed by atoms with van der Waals surface area (Å²) in [5, 5.41) is 3.24. The Kier molecular flexibility index (Phi) is 3.38. The second-order valence-electron chi connectivity index (χ2n) is 3.33. The van der Waals surface area contributed by atoms with E-state index in [1.165, 1.54) is 11.3 Å². The monoisotopic (exact) mass is 263 g/mol. The molecule has 1 aromatic rings. The van der Waals surface area contributed by atoms with Gasteiger partial charge >= 0.3 is 0 Å². The van der Waals surface area contributed by atoms with Gasteiger partial charge in [0.25, 0.3) is 0 Å². The van der Waals surface area contributed by atoms with E-state index in [0.29, 0.717) is 6.54 Å². The molecule has 0 amide bonds. The molecule has 0 unspecified atom stereocenters. The first-order valence-corrected chi connectivity index (χ1v) is 6.17. The highest BCUT2D eigenvalue weighted by molar-refractivity contribution is 7.20. The Labute approximate surface area is 103 Å². The van der Waals surface area contributed by atoms with Gasteiger partial charge in [-0.3, -0.25) is 4.99 Å². The molecule has 0 saturated heterocycles. The number of aliphatic imine (C=N–C) groups is 1. The smallest absolute Gasteiger partial charge is 0.194 e. The predicted molar refractivity (Wildman–Crippen MR) is 66.1 cm³/mol. The van der Waals surface area contributed by atoms with Gasteiger partial charge < -0.3 is 10.2 Å². The van der Waals surface area contributed by atoms with Crippen molar-refractivity contribution in [3.05, 3.63) is 20.3 Å². The Bertz CT molecular complexity index is 389. The van der Waals surface area contributed by atoms with Gasteiger partial charge in [-0.25, -0.2) is 0 Å². The van der Waals surface area contributed by atoms with Crippen molar-refractivity contribution in [1.29, 1.82) is 0 Å². The number of halogens is 2. The SMILES string of the molecule is CN1CCN=C1NCc1cc(Cl)sc1Cl. The average molecular weight is 264 g/mol. The molecule has 0 bridgehead atoms. The maximum atomic E-state index is 6.01. The first-order valence-electron chi connectivity index (χ1n) is 4.60. The summed E-state index contributed by atoms with van der Waals surface area (Å²) in [4.78, 5) is 6.41. The lowest BCUT2D eigenvalue weighted by atomic mass is 10.3. The topological polar surface area (TPSA) is 27.6 Å². The second kappa shape index (κ2) is 4.60. The number of thiophene rings is 1. The van der Waals surface area contributed by atoms with Crippen molar-refractivity contribution in [3.63, 3.8) is 0 Å². The van der Waals surface area contributed by atoms with Crippen LogP contribution < -0.4 is 5.32 Å². The largest absolute Gasteiger partial charge is 0.352 e. The van der Waals surface area contributed by atoms with E-state index >= 15 is 0 Å². The molecular weight excluding hydrogens is 253 g/mol. The Morgan fingerprint density at radius 1 is 1.60 bits per heavy atom. The van der Waals surface area contributed by atoms with Crippen molar-refractivity contribution in [3.8, 4) is 0 Å². The minimum absolute atomic E-state index is 0.672. The van der Waals surface area contributed by atoms with Gasteiger partial charge in [0, 0.05) is 25.7 Å². The average Bonchev–Trinajstić information content (AvgIpc) is 2.70. The molecule has 1 aliphatic rings. The zero-order valence-corrected chi connectivity index (χ0v) is 10.6. The van der Waals surface area contributed by atoms with E-state index in [1.807, 2.05) is 13.1 Å². The van der Waals surface area contributed by atoms with E-state index in [1.54, 1.807) is 0 Å². The van der Waals surface area contributed by atoms with Crippen LogP contribution in [0.4, 0.5) is 0 Å². The van der Waals surface area contributed by atoms with E-state index in [2.05, 4.69) is 15.2 Å².